The zero-order valence-corrected chi connectivity index (χ0v) is 13.3. The lowest BCUT2D eigenvalue weighted by atomic mass is 10.0. The number of aromatic nitrogens is 3. The molecule has 21 heavy (non-hydrogen) atoms. The highest BCUT2D eigenvalue weighted by molar-refractivity contribution is 6.32. The van der Waals surface area contributed by atoms with Gasteiger partial charge in [0.05, 0.1) is 10.7 Å². The van der Waals surface area contributed by atoms with Crippen LogP contribution < -0.4 is 5.32 Å². The van der Waals surface area contributed by atoms with Gasteiger partial charge in [-0.15, -0.1) is 0 Å². The number of halogens is 1. The molecule has 0 fully saturated rings. The molecule has 112 valence electrons. The van der Waals surface area contributed by atoms with Gasteiger partial charge in [-0.2, -0.15) is 0 Å². The Balaban J connectivity index is 1.87. The first-order chi connectivity index (χ1) is 10.1. The van der Waals surface area contributed by atoms with E-state index in [0.29, 0.717) is 11.1 Å². The summed E-state index contributed by atoms with van der Waals surface area (Å²) >= 11 is 6.44. The fourth-order valence-corrected chi connectivity index (χ4v) is 3.00. The van der Waals surface area contributed by atoms with Gasteiger partial charge in [0.15, 0.2) is 5.82 Å². The zero-order chi connectivity index (χ0) is 14.8. The highest BCUT2D eigenvalue weighted by Crippen LogP contribution is 2.26. The van der Waals surface area contributed by atoms with Crippen LogP contribution in [-0.4, -0.2) is 20.6 Å². The van der Waals surface area contributed by atoms with Crippen molar-refractivity contribution in [3.05, 3.63) is 40.6 Å². The first-order valence-corrected chi connectivity index (χ1v) is 7.96. The Bertz CT molecular complexity index is 633. The van der Waals surface area contributed by atoms with E-state index in [1.54, 1.807) is 0 Å². The number of fused-ring (bicyclic) bond motifs is 1. The van der Waals surface area contributed by atoms with Crippen LogP contribution >= 0.6 is 11.6 Å². The van der Waals surface area contributed by atoms with Crippen LogP contribution in [0.4, 0.5) is 0 Å². The minimum absolute atomic E-state index is 0.448. The molecule has 1 N–H and O–H groups in total. The lowest BCUT2D eigenvalue weighted by Gasteiger charge is -2.15. The third-order valence-electron chi connectivity index (χ3n) is 3.85. The summed E-state index contributed by atoms with van der Waals surface area (Å²) in [6.07, 6.45) is 8.32. The van der Waals surface area contributed by atoms with Crippen molar-refractivity contribution in [2.45, 2.75) is 52.1 Å². The van der Waals surface area contributed by atoms with Crippen molar-refractivity contribution in [2.75, 3.05) is 0 Å². The largest absolute Gasteiger partial charge is 0.310 e. The standard InChI is InChI=1S/C16H21ClN4/c1-11(2)18-8-12-7-13(17)16(19-9-12)21-10-20-14-5-3-4-6-15(14)21/h7,9-11,18H,3-6,8H2,1-2H3. The molecule has 0 saturated heterocycles. The molecule has 2 heterocycles. The quantitative estimate of drug-likeness (QED) is 0.942. The molecule has 5 heteroatoms. The fourth-order valence-electron chi connectivity index (χ4n) is 2.72. The smallest absolute Gasteiger partial charge is 0.156 e. The number of pyridine rings is 1. The summed E-state index contributed by atoms with van der Waals surface area (Å²) in [4.78, 5) is 9.07. The van der Waals surface area contributed by atoms with Crippen molar-refractivity contribution in [3.8, 4) is 5.82 Å². The van der Waals surface area contributed by atoms with Gasteiger partial charge >= 0.3 is 0 Å². The van der Waals surface area contributed by atoms with Crippen LogP contribution in [0.5, 0.6) is 0 Å². The highest BCUT2D eigenvalue weighted by Gasteiger charge is 2.18. The number of nitrogens with one attached hydrogen (secondary N) is 1. The molecule has 0 amide bonds. The van der Waals surface area contributed by atoms with Gasteiger partial charge in [0.2, 0.25) is 0 Å². The maximum absolute atomic E-state index is 6.44. The van der Waals surface area contributed by atoms with Gasteiger partial charge in [-0.1, -0.05) is 25.4 Å². The van der Waals surface area contributed by atoms with Gasteiger partial charge < -0.3 is 5.32 Å². The molecule has 0 unspecified atom stereocenters. The van der Waals surface area contributed by atoms with Gasteiger partial charge in [-0.25, -0.2) is 9.97 Å². The van der Waals surface area contributed by atoms with Gasteiger partial charge in [-0.3, -0.25) is 4.57 Å². The van der Waals surface area contributed by atoms with Gasteiger partial charge in [0, 0.05) is 24.5 Å². The van der Waals surface area contributed by atoms with E-state index >= 15 is 0 Å². The Morgan fingerprint density at radius 2 is 2.10 bits per heavy atom. The third-order valence-corrected chi connectivity index (χ3v) is 4.13. The van der Waals surface area contributed by atoms with Crippen molar-refractivity contribution in [3.63, 3.8) is 0 Å². The number of hydrogen-bond donors (Lipinski definition) is 1. The summed E-state index contributed by atoms with van der Waals surface area (Å²) in [5, 5.41) is 4.06. The van der Waals surface area contributed by atoms with Crippen LogP contribution in [0.2, 0.25) is 5.02 Å². The predicted octanol–water partition coefficient (Wildman–Crippen LogP) is 3.30. The summed E-state index contributed by atoms with van der Waals surface area (Å²) in [6, 6.07) is 2.44. The molecule has 4 nitrogen and oxygen atoms in total. The van der Waals surface area contributed by atoms with E-state index in [-0.39, 0.29) is 0 Å². The molecule has 1 aliphatic rings. The molecule has 0 aromatic carbocycles. The van der Waals surface area contributed by atoms with E-state index in [9.17, 15) is 0 Å². The Hall–Kier alpha value is -1.39. The molecule has 2 aromatic heterocycles. The minimum atomic E-state index is 0.448. The third kappa shape index (κ3) is 3.11. The molecule has 0 radical (unpaired) electrons. The molecule has 1 aliphatic carbocycles. The number of imidazole rings is 1. The SMILES string of the molecule is CC(C)NCc1cnc(-n2cnc3c2CCCC3)c(Cl)c1. The number of nitrogens with zero attached hydrogens (tertiary/aromatic N) is 3. The Morgan fingerprint density at radius 1 is 1.29 bits per heavy atom. The average molecular weight is 305 g/mol. The van der Waals surface area contributed by atoms with Crippen molar-refractivity contribution in [2.24, 2.45) is 0 Å². The highest BCUT2D eigenvalue weighted by atomic mass is 35.5. The molecule has 0 spiro atoms. The second kappa shape index (κ2) is 6.16. The van der Waals surface area contributed by atoms with Gasteiger partial charge in [0.1, 0.15) is 6.33 Å². The second-order valence-corrected chi connectivity index (χ2v) is 6.31. The average Bonchev–Trinajstić information content (AvgIpc) is 2.89. The first kappa shape index (κ1) is 14.5. The predicted molar refractivity (Wildman–Crippen MR) is 85.0 cm³/mol. The monoisotopic (exact) mass is 304 g/mol. The summed E-state index contributed by atoms with van der Waals surface area (Å²) in [5.74, 6) is 0.792. The Labute approximate surface area is 130 Å². The topological polar surface area (TPSA) is 42.7 Å². The summed E-state index contributed by atoms with van der Waals surface area (Å²) in [7, 11) is 0. The molecule has 0 saturated carbocycles. The van der Waals surface area contributed by atoms with Crippen molar-refractivity contribution < 1.29 is 0 Å². The molecular formula is C16H21ClN4. The van der Waals surface area contributed by atoms with E-state index in [4.69, 9.17) is 11.6 Å². The number of aryl methyl sites for hydroxylation is 1. The van der Waals surface area contributed by atoms with E-state index < -0.39 is 0 Å². The summed E-state index contributed by atoms with van der Waals surface area (Å²) in [5.41, 5.74) is 3.57. The molecule has 0 bridgehead atoms. The molecule has 0 aliphatic heterocycles. The maximum Gasteiger partial charge on any atom is 0.156 e. The van der Waals surface area contributed by atoms with E-state index in [0.717, 1.165) is 30.8 Å². The molecule has 3 rings (SSSR count). The lowest BCUT2D eigenvalue weighted by Crippen LogP contribution is -2.22. The summed E-state index contributed by atoms with van der Waals surface area (Å²) < 4.78 is 2.05. The zero-order valence-electron chi connectivity index (χ0n) is 12.6. The second-order valence-electron chi connectivity index (χ2n) is 5.90. The van der Waals surface area contributed by atoms with Crippen LogP contribution in [-0.2, 0) is 19.4 Å². The Morgan fingerprint density at radius 3 is 2.86 bits per heavy atom. The molecular weight excluding hydrogens is 284 g/mol. The van der Waals surface area contributed by atoms with E-state index in [1.807, 2.05) is 18.6 Å². The molecule has 2 aromatic rings. The lowest BCUT2D eigenvalue weighted by molar-refractivity contribution is 0.587. The minimum Gasteiger partial charge on any atom is -0.310 e. The van der Waals surface area contributed by atoms with Crippen LogP contribution in [0.1, 0.15) is 43.6 Å². The fraction of sp³-hybridized carbons (Fsp3) is 0.500. The van der Waals surface area contributed by atoms with E-state index in [2.05, 4.69) is 33.7 Å². The normalized spacial score (nSPS) is 14.5. The van der Waals surface area contributed by atoms with Gasteiger partial charge in [0.25, 0.3) is 0 Å². The van der Waals surface area contributed by atoms with Crippen LogP contribution in [0.3, 0.4) is 0 Å². The number of hydrogen-bond acceptors (Lipinski definition) is 3. The van der Waals surface area contributed by atoms with Crippen molar-refractivity contribution >= 4 is 11.6 Å². The van der Waals surface area contributed by atoms with Crippen molar-refractivity contribution in [1.29, 1.82) is 0 Å². The van der Waals surface area contributed by atoms with Crippen molar-refractivity contribution in [1.82, 2.24) is 19.9 Å². The van der Waals surface area contributed by atoms with Gasteiger partial charge in [-0.05, 0) is 37.3 Å². The Kier molecular flexibility index (Phi) is 4.27. The van der Waals surface area contributed by atoms with Crippen LogP contribution in [0.15, 0.2) is 18.6 Å². The summed E-state index contributed by atoms with van der Waals surface area (Å²) in [6.45, 7) is 5.04. The maximum atomic E-state index is 6.44. The number of rotatable bonds is 4. The molecule has 0 atom stereocenters. The first-order valence-electron chi connectivity index (χ1n) is 7.58. The van der Waals surface area contributed by atoms with Crippen LogP contribution in [0, 0.1) is 0 Å². The van der Waals surface area contributed by atoms with Crippen LogP contribution in [0.25, 0.3) is 5.82 Å². The van der Waals surface area contributed by atoms with E-state index in [1.165, 1.54) is 24.2 Å².